The lowest BCUT2D eigenvalue weighted by Gasteiger charge is -2.09. The summed E-state index contributed by atoms with van der Waals surface area (Å²) in [6, 6.07) is 25.2. The van der Waals surface area contributed by atoms with Gasteiger partial charge in [-0.25, -0.2) is 0 Å². The Morgan fingerprint density at radius 1 is 0.919 bits per heavy atom. The van der Waals surface area contributed by atoms with Gasteiger partial charge < -0.3 is 25.3 Å². The van der Waals surface area contributed by atoms with Gasteiger partial charge in [-0.1, -0.05) is 60.7 Å². The van der Waals surface area contributed by atoms with Gasteiger partial charge in [-0.2, -0.15) is 0 Å². The van der Waals surface area contributed by atoms with Crippen LogP contribution < -0.4 is 10.5 Å². The van der Waals surface area contributed by atoms with E-state index in [0.29, 0.717) is 6.54 Å². The van der Waals surface area contributed by atoms with E-state index < -0.39 is 5.78 Å². The summed E-state index contributed by atoms with van der Waals surface area (Å²) in [4.78, 5) is 13.0. The predicted molar refractivity (Wildman–Crippen MR) is 144 cm³/mol. The van der Waals surface area contributed by atoms with Crippen LogP contribution >= 0.6 is 0 Å². The number of hydrogen-bond donors (Lipinski definition) is 3. The average Bonchev–Trinajstić information content (AvgIpc) is 3.40. The Labute approximate surface area is 213 Å². The summed E-state index contributed by atoms with van der Waals surface area (Å²) in [7, 11) is 1.96. The van der Waals surface area contributed by atoms with Crippen molar-refractivity contribution in [1.82, 2.24) is 4.57 Å². The van der Waals surface area contributed by atoms with Crippen molar-refractivity contribution in [3.05, 3.63) is 108 Å². The van der Waals surface area contributed by atoms with E-state index in [4.69, 9.17) is 10.5 Å². The van der Waals surface area contributed by atoms with Crippen LogP contribution in [0.3, 0.4) is 0 Å². The number of phenolic OH excluding ortho intramolecular Hbond substituents is 2. The fourth-order valence-electron chi connectivity index (χ4n) is 4.93. The van der Waals surface area contributed by atoms with Crippen molar-refractivity contribution in [2.75, 3.05) is 0 Å². The molecule has 4 N–H and O–H groups in total. The number of nitrogens with two attached hydrogens (primary N) is 1. The largest absolute Gasteiger partial charge is 0.508 e. The minimum Gasteiger partial charge on any atom is -0.508 e. The van der Waals surface area contributed by atoms with Crippen LogP contribution in [0.5, 0.6) is 17.2 Å². The van der Waals surface area contributed by atoms with Gasteiger partial charge in [-0.05, 0) is 40.0 Å². The predicted octanol–water partition coefficient (Wildman–Crippen LogP) is 6.00. The molecule has 0 amide bonds. The van der Waals surface area contributed by atoms with Crippen molar-refractivity contribution in [2.45, 2.75) is 6.54 Å². The molecule has 0 bridgehead atoms. The quantitative estimate of drug-likeness (QED) is 0.270. The first kappa shape index (κ1) is 22.6. The standard InChI is InChI=1S/C31H24N2O4/c1-33-17-22(13-28-31(36)30-26(35)14-23(34)15-27(30)37-28)29-24(3-2-4-25(29)33)21-11-9-20(10-12-21)19-7-5-18(16-32)6-8-19/h2-15,17,34-35H,16,32H2,1H3/b28-13-. The zero-order valence-electron chi connectivity index (χ0n) is 20.1. The third-order valence-electron chi connectivity index (χ3n) is 6.79. The van der Waals surface area contributed by atoms with Crippen molar-refractivity contribution in [1.29, 1.82) is 0 Å². The number of allylic oxidation sites excluding steroid dienone is 1. The smallest absolute Gasteiger partial charge is 0.235 e. The van der Waals surface area contributed by atoms with E-state index in [1.54, 1.807) is 6.08 Å². The minimum absolute atomic E-state index is 0.0552. The van der Waals surface area contributed by atoms with E-state index in [1.165, 1.54) is 6.07 Å². The number of nitrogens with zero attached hydrogens (tertiary/aromatic N) is 1. The molecule has 0 unspecified atom stereocenters. The molecule has 0 fully saturated rings. The summed E-state index contributed by atoms with van der Waals surface area (Å²) in [5.74, 6) is -0.665. The molecule has 4 aromatic carbocycles. The molecule has 0 aliphatic carbocycles. The van der Waals surface area contributed by atoms with Crippen LogP contribution in [0, 0.1) is 0 Å². The molecule has 6 heteroatoms. The van der Waals surface area contributed by atoms with Crippen LogP contribution in [0.2, 0.25) is 0 Å². The number of ether oxygens (including phenoxy) is 1. The SMILES string of the molecule is Cn1cc(/C=C2\Oc3cc(O)cc(O)c3C2=O)c2c(-c3ccc(-c4ccc(CN)cc4)cc3)cccc21. The highest BCUT2D eigenvalue weighted by atomic mass is 16.5. The van der Waals surface area contributed by atoms with Crippen molar-refractivity contribution in [2.24, 2.45) is 12.8 Å². The Morgan fingerprint density at radius 3 is 2.30 bits per heavy atom. The molecule has 6 nitrogen and oxygen atoms in total. The fourth-order valence-corrected chi connectivity index (χ4v) is 4.93. The molecule has 2 heterocycles. The zero-order chi connectivity index (χ0) is 25.7. The van der Waals surface area contributed by atoms with Gasteiger partial charge in [0.2, 0.25) is 5.78 Å². The maximum atomic E-state index is 13.0. The summed E-state index contributed by atoms with van der Waals surface area (Å²) in [5, 5.41) is 20.9. The van der Waals surface area contributed by atoms with Gasteiger partial charge >= 0.3 is 0 Å². The van der Waals surface area contributed by atoms with E-state index in [-0.39, 0.29) is 28.6 Å². The van der Waals surface area contributed by atoms with Crippen LogP contribution in [-0.4, -0.2) is 20.6 Å². The molecule has 6 rings (SSSR count). The van der Waals surface area contributed by atoms with Gasteiger partial charge in [0.15, 0.2) is 5.76 Å². The monoisotopic (exact) mass is 488 g/mol. The highest BCUT2D eigenvalue weighted by molar-refractivity contribution is 6.17. The average molecular weight is 489 g/mol. The molecule has 0 saturated heterocycles. The number of benzene rings is 4. The number of ketones is 1. The molecule has 0 spiro atoms. The van der Waals surface area contributed by atoms with E-state index >= 15 is 0 Å². The van der Waals surface area contributed by atoms with Crippen LogP contribution in [-0.2, 0) is 13.6 Å². The second-order valence-electron chi connectivity index (χ2n) is 9.15. The van der Waals surface area contributed by atoms with Crippen LogP contribution in [0.15, 0.2) is 90.8 Å². The first-order valence-corrected chi connectivity index (χ1v) is 11.9. The number of carbonyl (C=O) groups excluding carboxylic acids is 1. The van der Waals surface area contributed by atoms with Crippen molar-refractivity contribution < 1.29 is 19.7 Å². The topological polar surface area (TPSA) is 97.7 Å². The number of rotatable bonds is 4. The van der Waals surface area contributed by atoms with Crippen LogP contribution in [0.1, 0.15) is 21.5 Å². The molecule has 1 aliphatic heterocycles. The number of Topliss-reactive ketones (excluding diaryl/α,β-unsaturated/α-hetero) is 1. The molecule has 1 aliphatic rings. The molecule has 0 atom stereocenters. The first-order chi connectivity index (χ1) is 17.9. The normalized spacial score (nSPS) is 13.8. The Kier molecular flexibility index (Phi) is 5.32. The number of hydrogen-bond acceptors (Lipinski definition) is 5. The summed E-state index contributed by atoms with van der Waals surface area (Å²) in [6.07, 6.45) is 3.64. The van der Waals surface area contributed by atoms with E-state index in [1.807, 2.05) is 42.1 Å². The highest BCUT2D eigenvalue weighted by Crippen LogP contribution is 2.42. The molecular formula is C31H24N2O4. The second kappa shape index (κ2) is 8.69. The summed E-state index contributed by atoms with van der Waals surface area (Å²) >= 11 is 0. The van der Waals surface area contributed by atoms with Crippen LogP contribution in [0.25, 0.3) is 39.2 Å². The molecule has 182 valence electrons. The molecule has 37 heavy (non-hydrogen) atoms. The number of aromatic hydroxyl groups is 2. The molecule has 5 aromatic rings. The zero-order valence-corrected chi connectivity index (χ0v) is 20.1. The first-order valence-electron chi connectivity index (χ1n) is 11.9. The Morgan fingerprint density at radius 2 is 1.59 bits per heavy atom. The maximum absolute atomic E-state index is 13.0. The van der Waals surface area contributed by atoms with Crippen LogP contribution in [0.4, 0.5) is 0 Å². The van der Waals surface area contributed by atoms with Gasteiger partial charge in [-0.3, -0.25) is 4.79 Å². The second-order valence-corrected chi connectivity index (χ2v) is 9.15. The van der Waals surface area contributed by atoms with Crippen molar-refractivity contribution in [3.8, 4) is 39.5 Å². The number of aryl methyl sites for hydroxylation is 1. The van der Waals surface area contributed by atoms with Gasteiger partial charge in [0, 0.05) is 48.4 Å². The van der Waals surface area contributed by atoms with Crippen molar-refractivity contribution in [3.63, 3.8) is 0 Å². The van der Waals surface area contributed by atoms with Crippen molar-refractivity contribution >= 4 is 22.8 Å². The lowest BCUT2D eigenvalue weighted by atomic mass is 9.96. The summed E-state index contributed by atoms with van der Waals surface area (Å²) in [5.41, 5.74) is 13.0. The number of aromatic nitrogens is 1. The number of phenols is 2. The lowest BCUT2D eigenvalue weighted by Crippen LogP contribution is -1.98. The number of carbonyl (C=O) groups is 1. The maximum Gasteiger partial charge on any atom is 0.235 e. The van der Waals surface area contributed by atoms with Gasteiger partial charge in [0.05, 0.1) is 0 Å². The summed E-state index contributed by atoms with van der Waals surface area (Å²) < 4.78 is 7.75. The molecular weight excluding hydrogens is 464 g/mol. The molecule has 0 radical (unpaired) electrons. The van der Waals surface area contributed by atoms with Gasteiger partial charge in [0.25, 0.3) is 0 Å². The van der Waals surface area contributed by atoms with E-state index in [9.17, 15) is 15.0 Å². The number of fused-ring (bicyclic) bond motifs is 2. The lowest BCUT2D eigenvalue weighted by molar-refractivity contribution is 0.101. The Hall–Kier alpha value is -4.81. The minimum atomic E-state index is -0.424. The highest BCUT2D eigenvalue weighted by Gasteiger charge is 2.31. The fraction of sp³-hybridized carbons (Fsp3) is 0.0645. The van der Waals surface area contributed by atoms with E-state index in [2.05, 4.69) is 42.5 Å². The van der Waals surface area contributed by atoms with Gasteiger partial charge in [-0.15, -0.1) is 0 Å². The Balaban J connectivity index is 1.42. The van der Waals surface area contributed by atoms with Gasteiger partial charge in [0.1, 0.15) is 22.8 Å². The molecule has 0 saturated carbocycles. The van der Waals surface area contributed by atoms with E-state index in [0.717, 1.165) is 50.4 Å². The Bertz CT molecular complexity index is 1710. The summed E-state index contributed by atoms with van der Waals surface area (Å²) in [6.45, 7) is 0.519. The molecule has 1 aromatic heterocycles. The third kappa shape index (κ3) is 3.84. The third-order valence-corrected chi connectivity index (χ3v) is 6.79.